The third kappa shape index (κ3) is 27.3. The molecule has 2 atom stereocenters. The molecule has 0 radical (unpaired) electrons. The van der Waals surface area contributed by atoms with Crippen LogP contribution in [0.5, 0.6) is 0 Å². The topological polar surface area (TPSA) is 65.0 Å². The van der Waals surface area contributed by atoms with Crippen molar-refractivity contribution in [1.29, 1.82) is 0 Å². The smallest absolute Gasteiger partial charge is 0.305 e. The molecule has 0 aliphatic carbocycles. The molecule has 0 fully saturated rings. The summed E-state index contributed by atoms with van der Waals surface area (Å²) in [6.45, 7) is 14.0. The lowest BCUT2D eigenvalue weighted by molar-refractivity contribution is -0.145. The van der Waals surface area contributed by atoms with Gasteiger partial charge in [-0.25, -0.2) is 0 Å². The number of unbranched alkanes of at least 4 members (excludes halogenated alkanes) is 8. The fourth-order valence-electron chi connectivity index (χ4n) is 3.00. The molecule has 0 heterocycles. The quantitative estimate of drug-likeness (QED) is 0.159. The lowest BCUT2D eigenvalue weighted by Crippen LogP contribution is -2.30. The maximum atomic E-state index is 11.7. The van der Waals surface area contributed by atoms with Gasteiger partial charge in [-0.15, -0.1) is 0 Å². The van der Waals surface area contributed by atoms with Crippen LogP contribution in [0.15, 0.2) is 0 Å². The summed E-state index contributed by atoms with van der Waals surface area (Å²) in [7, 11) is 1.58. The van der Waals surface area contributed by atoms with Gasteiger partial charge in [-0.05, 0) is 19.3 Å². The van der Waals surface area contributed by atoms with E-state index in [9.17, 15) is 9.90 Å². The minimum atomic E-state index is -0.595. The van der Waals surface area contributed by atoms with Gasteiger partial charge >= 0.3 is 5.97 Å². The molecule has 0 amide bonds. The fraction of sp³-hybridized carbons (Fsp3) is 0.962. The first-order chi connectivity index (χ1) is 15.2. The van der Waals surface area contributed by atoms with Gasteiger partial charge in [0.1, 0.15) is 0 Å². The molecule has 0 bridgehead atoms. The van der Waals surface area contributed by atoms with Gasteiger partial charge in [-0.3, -0.25) is 4.79 Å². The van der Waals surface area contributed by atoms with Crippen LogP contribution >= 0.6 is 0 Å². The van der Waals surface area contributed by atoms with E-state index in [2.05, 4.69) is 13.8 Å². The second-order valence-electron chi connectivity index (χ2n) is 7.33. The number of aliphatic hydroxyl groups is 1. The molecule has 0 aliphatic rings. The van der Waals surface area contributed by atoms with E-state index >= 15 is 0 Å². The Balaban J connectivity index is -0.00000184. The van der Waals surface area contributed by atoms with E-state index in [0.29, 0.717) is 32.5 Å². The van der Waals surface area contributed by atoms with E-state index in [1.807, 2.05) is 27.7 Å². The molecule has 1 N–H and O–H groups in total. The van der Waals surface area contributed by atoms with Crippen LogP contribution in [0.2, 0.25) is 0 Å². The highest BCUT2D eigenvalue weighted by molar-refractivity contribution is 5.69. The summed E-state index contributed by atoms with van der Waals surface area (Å²) in [5.74, 6) is -0.151. The Hall–Kier alpha value is -0.650. The average molecular weight is 449 g/mol. The lowest BCUT2D eigenvalue weighted by Gasteiger charge is -2.21. The molecule has 2 unspecified atom stereocenters. The van der Waals surface area contributed by atoms with Crippen molar-refractivity contribution in [3.05, 3.63) is 0 Å². The van der Waals surface area contributed by atoms with Gasteiger partial charge in [0.05, 0.1) is 18.8 Å². The molecule has 5 nitrogen and oxygen atoms in total. The summed E-state index contributed by atoms with van der Waals surface area (Å²) in [6, 6.07) is 0. The zero-order valence-corrected chi connectivity index (χ0v) is 22.0. The highest BCUT2D eigenvalue weighted by atomic mass is 16.5. The van der Waals surface area contributed by atoms with E-state index in [1.165, 1.54) is 44.9 Å². The number of aliphatic hydroxyl groups excluding tert-OH is 1. The largest absolute Gasteiger partial charge is 0.466 e. The van der Waals surface area contributed by atoms with Crippen LogP contribution in [-0.2, 0) is 19.0 Å². The van der Waals surface area contributed by atoms with Crippen molar-refractivity contribution in [2.24, 2.45) is 0 Å². The molecule has 0 saturated heterocycles. The molecule has 0 spiro atoms. The van der Waals surface area contributed by atoms with Crippen LogP contribution in [0.4, 0.5) is 0 Å². The number of carbonyl (C=O) groups is 1. The van der Waals surface area contributed by atoms with Gasteiger partial charge < -0.3 is 19.3 Å². The lowest BCUT2D eigenvalue weighted by atomic mass is 10.1. The number of esters is 1. The Morgan fingerprint density at radius 3 is 1.84 bits per heavy atom. The summed E-state index contributed by atoms with van der Waals surface area (Å²) in [6.07, 6.45) is 12.3. The van der Waals surface area contributed by atoms with E-state index in [-0.39, 0.29) is 12.1 Å². The zero-order chi connectivity index (χ0) is 24.2. The first-order valence-corrected chi connectivity index (χ1v) is 13.1. The number of ether oxygens (including phenoxy) is 3. The van der Waals surface area contributed by atoms with Gasteiger partial charge in [0, 0.05) is 33.2 Å². The maximum Gasteiger partial charge on any atom is 0.305 e. The van der Waals surface area contributed by atoms with Crippen molar-refractivity contribution < 1.29 is 24.1 Å². The summed E-state index contributed by atoms with van der Waals surface area (Å²) >= 11 is 0. The Kier molecular flexibility index (Phi) is 35.6. The van der Waals surface area contributed by atoms with Crippen molar-refractivity contribution >= 4 is 5.97 Å². The van der Waals surface area contributed by atoms with Crippen LogP contribution in [0.25, 0.3) is 0 Å². The molecule has 0 aromatic carbocycles. The standard InChI is InChI=1S/C22H44O5.2C2H6/c1-4-6-8-10-12-14-22(24)27-19-16-21(25-3)20(23)15-18-26-17-13-11-9-7-5-2;2*1-2/h20-21,23H,4-19H2,1-3H3;2*1-2H3. The monoisotopic (exact) mass is 448 g/mol. The van der Waals surface area contributed by atoms with Crippen molar-refractivity contribution in [1.82, 2.24) is 0 Å². The summed E-state index contributed by atoms with van der Waals surface area (Å²) in [4.78, 5) is 11.7. The average Bonchev–Trinajstić information content (AvgIpc) is 2.81. The normalized spacial score (nSPS) is 12.1. The molecule has 0 rings (SSSR count). The van der Waals surface area contributed by atoms with Crippen molar-refractivity contribution in [3.63, 3.8) is 0 Å². The predicted octanol–water partition coefficient (Wildman–Crippen LogP) is 7.09. The number of methoxy groups -OCH3 is 1. The Morgan fingerprint density at radius 2 is 1.29 bits per heavy atom. The van der Waals surface area contributed by atoms with Gasteiger partial charge in [0.25, 0.3) is 0 Å². The van der Waals surface area contributed by atoms with Crippen molar-refractivity contribution in [2.45, 2.75) is 137 Å². The molecule has 0 aliphatic heterocycles. The van der Waals surface area contributed by atoms with Crippen molar-refractivity contribution in [2.75, 3.05) is 26.9 Å². The molecule has 0 saturated carbocycles. The van der Waals surface area contributed by atoms with Crippen LogP contribution in [0.3, 0.4) is 0 Å². The van der Waals surface area contributed by atoms with Crippen LogP contribution in [-0.4, -0.2) is 50.2 Å². The molecule has 31 heavy (non-hydrogen) atoms. The third-order valence-corrected chi connectivity index (χ3v) is 4.83. The highest BCUT2D eigenvalue weighted by Gasteiger charge is 2.19. The molecule has 0 aromatic heterocycles. The fourth-order valence-corrected chi connectivity index (χ4v) is 3.00. The van der Waals surface area contributed by atoms with Crippen LogP contribution in [0, 0.1) is 0 Å². The second-order valence-corrected chi connectivity index (χ2v) is 7.33. The number of rotatable bonds is 20. The Morgan fingerprint density at radius 1 is 0.742 bits per heavy atom. The van der Waals surface area contributed by atoms with E-state index in [1.54, 1.807) is 7.11 Å². The van der Waals surface area contributed by atoms with Crippen molar-refractivity contribution in [3.8, 4) is 0 Å². The van der Waals surface area contributed by atoms with E-state index in [0.717, 1.165) is 25.9 Å². The second kappa shape index (κ2) is 31.5. The number of hydrogen-bond donors (Lipinski definition) is 1. The van der Waals surface area contributed by atoms with Gasteiger partial charge in [-0.1, -0.05) is 92.9 Å². The highest BCUT2D eigenvalue weighted by Crippen LogP contribution is 2.10. The molecule has 190 valence electrons. The Bertz CT molecular complexity index is 323. The number of hydrogen-bond acceptors (Lipinski definition) is 5. The Labute approximate surface area is 194 Å². The van der Waals surface area contributed by atoms with Gasteiger partial charge in [0.15, 0.2) is 0 Å². The predicted molar refractivity (Wildman–Crippen MR) is 133 cm³/mol. The van der Waals surface area contributed by atoms with Gasteiger partial charge in [-0.2, -0.15) is 0 Å². The first kappa shape index (κ1) is 35.0. The SMILES string of the molecule is CC.CC.CCCCCCCOCCC(O)C(CCOC(=O)CCCCCCC)OC. The van der Waals surface area contributed by atoms with E-state index in [4.69, 9.17) is 14.2 Å². The molecular formula is C26H56O5. The van der Waals surface area contributed by atoms with E-state index < -0.39 is 6.10 Å². The first-order valence-electron chi connectivity index (χ1n) is 13.1. The minimum Gasteiger partial charge on any atom is -0.466 e. The van der Waals surface area contributed by atoms with Crippen LogP contribution < -0.4 is 0 Å². The maximum absolute atomic E-state index is 11.7. The molecule has 5 heteroatoms. The third-order valence-electron chi connectivity index (χ3n) is 4.83. The van der Waals surface area contributed by atoms with Crippen LogP contribution in [0.1, 0.15) is 125 Å². The zero-order valence-electron chi connectivity index (χ0n) is 22.0. The summed E-state index contributed by atoms with van der Waals surface area (Å²) < 4.78 is 16.2. The summed E-state index contributed by atoms with van der Waals surface area (Å²) in [5.41, 5.74) is 0. The minimum absolute atomic E-state index is 0.151. The van der Waals surface area contributed by atoms with Gasteiger partial charge in [0.2, 0.25) is 0 Å². The molecule has 0 aromatic rings. The molecular weight excluding hydrogens is 392 g/mol. The number of carbonyl (C=O) groups excluding carboxylic acids is 1. The summed E-state index contributed by atoms with van der Waals surface area (Å²) in [5, 5.41) is 10.2.